The molecule has 7 nitrogen and oxygen atoms in total. The highest BCUT2D eigenvalue weighted by Gasteiger charge is 2.51. The van der Waals surface area contributed by atoms with Crippen LogP contribution in [0.1, 0.15) is 24.9 Å². The Morgan fingerprint density at radius 2 is 2.00 bits per heavy atom. The van der Waals surface area contributed by atoms with E-state index in [0.717, 1.165) is 5.56 Å². The number of amides is 3. The van der Waals surface area contributed by atoms with Crippen molar-refractivity contribution >= 4 is 17.9 Å². The van der Waals surface area contributed by atoms with Crippen LogP contribution in [0.25, 0.3) is 0 Å². The molecule has 0 saturated carbocycles. The Labute approximate surface area is 133 Å². The molecule has 0 bridgehead atoms. The van der Waals surface area contributed by atoms with Gasteiger partial charge in [0.2, 0.25) is 5.91 Å². The van der Waals surface area contributed by atoms with Crippen molar-refractivity contribution < 1.29 is 19.5 Å². The number of fused-ring (bicyclic) bond motifs is 1. The van der Waals surface area contributed by atoms with Crippen LogP contribution in [0.4, 0.5) is 4.79 Å². The highest BCUT2D eigenvalue weighted by Crippen LogP contribution is 2.37. The Morgan fingerprint density at radius 1 is 1.30 bits per heavy atom. The summed E-state index contributed by atoms with van der Waals surface area (Å²) in [5.74, 6) is -3.15. The third-order valence-corrected chi connectivity index (χ3v) is 4.62. The van der Waals surface area contributed by atoms with Gasteiger partial charge in [0.15, 0.2) is 0 Å². The van der Waals surface area contributed by atoms with E-state index in [1.54, 1.807) is 6.92 Å². The fraction of sp³-hybridized carbons (Fsp3) is 0.438. The Hall–Kier alpha value is -2.41. The van der Waals surface area contributed by atoms with E-state index in [9.17, 15) is 19.5 Å². The molecule has 0 aromatic heterocycles. The van der Waals surface area contributed by atoms with Crippen LogP contribution in [-0.2, 0) is 9.59 Å². The number of imide groups is 1. The molecule has 3 amide bonds. The monoisotopic (exact) mass is 317 g/mol. The average Bonchev–Trinajstić information content (AvgIpc) is 2.54. The smallest absolute Gasteiger partial charge is 0.325 e. The molecule has 0 aliphatic carbocycles. The second kappa shape index (κ2) is 6.00. The molecule has 2 aliphatic rings. The van der Waals surface area contributed by atoms with Crippen molar-refractivity contribution in [3.05, 3.63) is 35.9 Å². The van der Waals surface area contributed by atoms with E-state index in [2.05, 4.69) is 10.6 Å². The van der Waals surface area contributed by atoms with Crippen LogP contribution < -0.4 is 10.6 Å². The lowest BCUT2D eigenvalue weighted by Gasteiger charge is -2.47. The fourth-order valence-electron chi connectivity index (χ4n) is 3.51. The maximum atomic E-state index is 12.2. The molecule has 2 fully saturated rings. The van der Waals surface area contributed by atoms with Gasteiger partial charge in [-0.3, -0.25) is 20.2 Å². The van der Waals surface area contributed by atoms with Gasteiger partial charge in [-0.1, -0.05) is 30.3 Å². The number of piperidine rings is 1. The summed E-state index contributed by atoms with van der Waals surface area (Å²) >= 11 is 0. The number of carbonyl (C=O) groups is 3. The molecule has 0 radical (unpaired) electrons. The second-order valence-corrected chi connectivity index (χ2v) is 5.86. The van der Waals surface area contributed by atoms with Crippen molar-refractivity contribution in [2.24, 2.45) is 11.8 Å². The van der Waals surface area contributed by atoms with Gasteiger partial charge in [-0.2, -0.15) is 0 Å². The van der Waals surface area contributed by atoms with Gasteiger partial charge in [-0.25, -0.2) is 4.79 Å². The van der Waals surface area contributed by atoms with Crippen LogP contribution in [-0.4, -0.2) is 40.6 Å². The number of benzene rings is 1. The lowest BCUT2D eigenvalue weighted by atomic mass is 9.77. The van der Waals surface area contributed by atoms with Gasteiger partial charge in [-0.15, -0.1) is 0 Å². The lowest BCUT2D eigenvalue weighted by Crippen LogP contribution is -2.69. The van der Waals surface area contributed by atoms with Crippen LogP contribution in [0.3, 0.4) is 0 Å². The highest BCUT2D eigenvalue weighted by molar-refractivity contribution is 6.00. The number of carboxylic acid groups (broad SMARTS) is 1. The van der Waals surface area contributed by atoms with E-state index in [0.29, 0.717) is 13.0 Å². The summed E-state index contributed by atoms with van der Waals surface area (Å²) in [5, 5.41) is 15.1. The molecule has 2 saturated heterocycles. The third kappa shape index (κ3) is 2.68. The number of rotatable bonds is 3. The van der Waals surface area contributed by atoms with Crippen LogP contribution in [0.2, 0.25) is 0 Å². The molecule has 4 atom stereocenters. The number of aliphatic carboxylic acids is 1. The number of carbonyl (C=O) groups excluding carboxylic acids is 2. The minimum absolute atomic E-state index is 0.216. The Kier molecular flexibility index (Phi) is 4.04. The second-order valence-electron chi connectivity index (χ2n) is 5.86. The molecule has 4 unspecified atom stereocenters. The van der Waals surface area contributed by atoms with Crippen molar-refractivity contribution in [3.63, 3.8) is 0 Å². The van der Waals surface area contributed by atoms with Gasteiger partial charge in [0.1, 0.15) is 0 Å². The van der Waals surface area contributed by atoms with E-state index in [-0.39, 0.29) is 6.04 Å². The van der Waals surface area contributed by atoms with Gasteiger partial charge >= 0.3 is 12.0 Å². The lowest BCUT2D eigenvalue weighted by molar-refractivity contribution is -0.154. The summed E-state index contributed by atoms with van der Waals surface area (Å²) in [6.07, 6.45) is -0.305. The van der Waals surface area contributed by atoms with Crippen LogP contribution in [0.15, 0.2) is 30.3 Å². The zero-order valence-electron chi connectivity index (χ0n) is 12.7. The van der Waals surface area contributed by atoms with Gasteiger partial charge < -0.3 is 10.0 Å². The fourth-order valence-corrected chi connectivity index (χ4v) is 3.51. The molecule has 2 heterocycles. The Balaban J connectivity index is 1.97. The first-order valence-corrected chi connectivity index (χ1v) is 7.68. The molecule has 3 N–H and O–H groups in total. The number of hydrogen-bond acceptors (Lipinski definition) is 4. The summed E-state index contributed by atoms with van der Waals surface area (Å²) in [6.45, 7) is 2.19. The maximum absolute atomic E-state index is 12.2. The van der Waals surface area contributed by atoms with Crippen LogP contribution in [0, 0.1) is 11.8 Å². The molecule has 122 valence electrons. The largest absolute Gasteiger partial charge is 0.481 e. The first-order valence-electron chi connectivity index (χ1n) is 7.68. The quantitative estimate of drug-likeness (QED) is 0.770. The van der Waals surface area contributed by atoms with E-state index >= 15 is 0 Å². The van der Waals surface area contributed by atoms with Crippen molar-refractivity contribution in [3.8, 4) is 0 Å². The van der Waals surface area contributed by atoms with Crippen molar-refractivity contribution in [1.29, 1.82) is 0 Å². The summed E-state index contributed by atoms with van der Waals surface area (Å²) in [7, 11) is 0. The molecule has 0 spiro atoms. The van der Waals surface area contributed by atoms with E-state index in [1.165, 1.54) is 4.90 Å². The SMILES string of the molecule is CCN1C(=O)NC(=O)C2C(C(=O)O)CC(c3ccccc3)NC21. The minimum atomic E-state index is -1.01. The molecule has 23 heavy (non-hydrogen) atoms. The predicted molar refractivity (Wildman–Crippen MR) is 81.3 cm³/mol. The van der Waals surface area contributed by atoms with E-state index in [1.807, 2.05) is 30.3 Å². The number of urea groups is 1. The van der Waals surface area contributed by atoms with Crippen molar-refractivity contribution in [2.75, 3.05) is 6.54 Å². The van der Waals surface area contributed by atoms with E-state index < -0.39 is 35.9 Å². The first kappa shape index (κ1) is 15.5. The van der Waals surface area contributed by atoms with Gasteiger partial charge in [0.05, 0.1) is 18.0 Å². The van der Waals surface area contributed by atoms with Crippen LogP contribution >= 0.6 is 0 Å². The standard InChI is InChI=1S/C16H19N3O4/c1-2-19-13-12(14(20)18-16(19)23)10(15(21)22)8-11(17-13)9-6-4-3-5-7-9/h3-7,10-13,17H,2,8H2,1H3,(H,21,22)(H,18,20,23). The maximum Gasteiger partial charge on any atom is 0.325 e. The molecule has 2 aliphatic heterocycles. The molecular weight excluding hydrogens is 298 g/mol. The molecular formula is C16H19N3O4. The molecule has 1 aromatic carbocycles. The van der Waals surface area contributed by atoms with E-state index in [4.69, 9.17) is 0 Å². The minimum Gasteiger partial charge on any atom is -0.481 e. The number of nitrogens with one attached hydrogen (secondary N) is 2. The van der Waals surface area contributed by atoms with Gasteiger partial charge in [0.25, 0.3) is 0 Å². The molecule has 1 aromatic rings. The first-order chi connectivity index (χ1) is 11.0. The number of carboxylic acids is 1. The average molecular weight is 317 g/mol. The van der Waals surface area contributed by atoms with Gasteiger partial charge in [-0.05, 0) is 18.9 Å². The Morgan fingerprint density at radius 3 is 2.61 bits per heavy atom. The van der Waals surface area contributed by atoms with Crippen LogP contribution in [0.5, 0.6) is 0 Å². The summed E-state index contributed by atoms with van der Waals surface area (Å²) in [5.41, 5.74) is 0.951. The van der Waals surface area contributed by atoms with Gasteiger partial charge in [0, 0.05) is 12.6 Å². The third-order valence-electron chi connectivity index (χ3n) is 4.62. The normalized spacial score (nSPS) is 30.6. The number of nitrogens with zero attached hydrogens (tertiary/aromatic N) is 1. The summed E-state index contributed by atoms with van der Waals surface area (Å²) in [6, 6.07) is 8.79. The summed E-state index contributed by atoms with van der Waals surface area (Å²) < 4.78 is 0. The summed E-state index contributed by atoms with van der Waals surface area (Å²) in [4.78, 5) is 37.4. The van der Waals surface area contributed by atoms with Crippen molar-refractivity contribution in [2.45, 2.75) is 25.6 Å². The molecule has 3 rings (SSSR count). The topological polar surface area (TPSA) is 98.7 Å². The highest BCUT2D eigenvalue weighted by atomic mass is 16.4. The zero-order chi connectivity index (χ0) is 16.6. The Bertz CT molecular complexity index is 633. The van der Waals surface area contributed by atoms with Crippen molar-refractivity contribution in [1.82, 2.24) is 15.5 Å². The predicted octanol–water partition coefficient (Wildman–Crippen LogP) is 0.936. The zero-order valence-corrected chi connectivity index (χ0v) is 12.7. The number of hydrogen-bond donors (Lipinski definition) is 3. The molecule has 7 heteroatoms.